The average molecular weight is 357 g/mol. The Labute approximate surface area is 153 Å². The van der Waals surface area contributed by atoms with E-state index in [0.29, 0.717) is 22.7 Å². The molecule has 1 N–H and O–H groups in total. The van der Waals surface area contributed by atoms with E-state index in [0.717, 1.165) is 0 Å². The van der Waals surface area contributed by atoms with Crippen molar-refractivity contribution in [3.8, 4) is 11.5 Å². The minimum atomic E-state index is -0.934. The Balaban J connectivity index is 1.91. The zero-order chi connectivity index (χ0) is 19.1. The molecule has 138 valence electrons. The van der Waals surface area contributed by atoms with Crippen LogP contribution in [0.15, 0.2) is 48.5 Å². The Hall–Kier alpha value is -3.02. The Bertz CT molecular complexity index is 738. The Morgan fingerprint density at radius 3 is 2.00 bits per heavy atom. The molecule has 0 aliphatic carbocycles. The fraction of sp³-hybridized carbons (Fsp3) is 0.300. The van der Waals surface area contributed by atoms with Crippen molar-refractivity contribution < 1.29 is 23.8 Å². The third-order valence-corrected chi connectivity index (χ3v) is 3.47. The smallest absolute Gasteiger partial charge is 0.338 e. The SMILES string of the molecule is COc1ccc(NC(=O)C(C)OC(=O)c2ccc(OC(C)C)cc2)cc1. The van der Waals surface area contributed by atoms with Crippen molar-refractivity contribution in [2.75, 3.05) is 12.4 Å². The largest absolute Gasteiger partial charge is 0.497 e. The first-order valence-corrected chi connectivity index (χ1v) is 8.31. The van der Waals surface area contributed by atoms with Gasteiger partial charge in [-0.1, -0.05) is 0 Å². The summed E-state index contributed by atoms with van der Waals surface area (Å²) < 4.78 is 15.8. The minimum absolute atomic E-state index is 0.0504. The summed E-state index contributed by atoms with van der Waals surface area (Å²) in [7, 11) is 1.57. The lowest BCUT2D eigenvalue weighted by molar-refractivity contribution is -0.123. The molecule has 0 radical (unpaired) electrons. The predicted octanol–water partition coefficient (Wildman–Crippen LogP) is 3.67. The highest BCUT2D eigenvalue weighted by atomic mass is 16.5. The topological polar surface area (TPSA) is 73.9 Å². The molecule has 2 aromatic carbocycles. The van der Waals surface area contributed by atoms with E-state index in [2.05, 4.69) is 5.32 Å². The monoisotopic (exact) mass is 357 g/mol. The van der Waals surface area contributed by atoms with Gasteiger partial charge in [0.15, 0.2) is 6.10 Å². The quantitative estimate of drug-likeness (QED) is 0.766. The zero-order valence-corrected chi connectivity index (χ0v) is 15.3. The van der Waals surface area contributed by atoms with Gasteiger partial charge < -0.3 is 19.5 Å². The highest BCUT2D eigenvalue weighted by Crippen LogP contribution is 2.17. The standard InChI is InChI=1S/C20H23NO5/c1-13(2)25-18-9-5-15(6-10-18)20(23)26-14(3)19(22)21-16-7-11-17(24-4)12-8-16/h5-14H,1-4H3,(H,21,22). The number of rotatable bonds is 7. The van der Waals surface area contributed by atoms with Crippen molar-refractivity contribution >= 4 is 17.6 Å². The Morgan fingerprint density at radius 2 is 1.46 bits per heavy atom. The van der Waals surface area contributed by atoms with Crippen LogP contribution in [0.2, 0.25) is 0 Å². The van der Waals surface area contributed by atoms with Crippen LogP contribution in [-0.4, -0.2) is 31.2 Å². The number of hydrogen-bond donors (Lipinski definition) is 1. The summed E-state index contributed by atoms with van der Waals surface area (Å²) in [5.41, 5.74) is 0.944. The number of methoxy groups -OCH3 is 1. The molecule has 26 heavy (non-hydrogen) atoms. The van der Waals surface area contributed by atoms with E-state index in [1.165, 1.54) is 6.92 Å². The van der Waals surface area contributed by atoms with Crippen LogP contribution in [0.4, 0.5) is 5.69 Å². The van der Waals surface area contributed by atoms with Gasteiger partial charge in [-0.05, 0) is 69.3 Å². The van der Waals surface area contributed by atoms with Crippen LogP contribution in [0.3, 0.4) is 0 Å². The number of ether oxygens (including phenoxy) is 3. The summed E-state index contributed by atoms with van der Waals surface area (Å²) in [5, 5.41) is 2.69. The molecule has 1 amide bonds. The van der Waals surface area contributed by atoms with Crippen molar-refractivity contribution in [3.05, 3.63) is 54.1 Å². The first kappa shape index (κ1) is 19.3. The highest BCUT2D eigenvalue weighted by Gasteiger charge is 2.19. The van der Waals surface area contributed by atoms with E-state index in [1.807, 2.05) is 13.8 Å². The Morgan fingerprint density at radius 1 is 0.885 bits per heavy atom. The van der Waals surface area contributed by atoms with Gasteiger partial charge in [0.2, 0.25) is 0 Å². The molecule has 0 saturated carbocycles. The van der Waals surface area contributed by atoms with Crippen molar-refractivity contribution in [1.82, 2.24) is 0 Å². The van der Waals surface area contributed by atoms with E-state index in [1.54, 1.807) is 55.6 Å². The van der Waals surface area contributed by atoms with Crippen molar-refractivity contribution in [1.29, 1.82) is 0 Å². The van der Waals surface area contributed by atoms with Gasteiger partial charge >= 0.3 is 5.97 Å². The molecule has 6 heteroatoms. The average Bonchev–Trinajstić information content (AvgIpc) is 2.62. The number of hydrogen-bond acceptors (Lipinski definition) is 5. The third-order valence-electron chi connectivity index (χ3n) is 3.47. The molecule has 1 unspecified atom stereocenters. The molecule has 0 aliphatic heterocycles. The third kappa shape index (κ3) is 5.51. The molecule has 2 aromatic rings. The summed E-state index contributed by atoms with van der Waals surface area (Å²) >= 11 is 0. The second-order valence-electron chi connectivity index (χ2n) is 5.96. The van der Waals surface area contributed by atoms with Crippen molar-refractivity contribution in [2.45, 2.75) is 33.0 Å². The summed E-state index contributed by atoms with van der Waals surface area (Å²) in [6.45, 7) is 5.36. The van der Waals surface area contributed by atoms with E-state index >= 15 is 0 Å². The van der Waals surface area contributed by atoms with Crippen molar-refractivity contribution in [2.24, 2.45) is 0 Å². The van der Waals surface area contributed by atoms with E-state index < -0.39 is 18.0 Å². The molecule has 0 heterocycles. The van der Waals surface area contributed by atoms with Crippen LogP contribution in [-0.2, 0) is 9.53 Å². The first-order valence-electron chi connectivity index (χ1n) is 8.31. The fourth-order valence-electron chi connectivity index (χ4n) is 2.14. The lowest BCUT2D eigenvalue weighted by Crippen LogP contribution is -2.30. The van der Waals surface area contributed by atoms with Crippen LogP contribution in [0, 0.1) is 0 Å². The van der Waals surface area contributed by atoms with E-state index in [-0.39, 0.29) is 6.10 Å². The molecule has 0 bridgehead atoms. The molecule has 0 saturated heterocycles. The highest BCUT2D eigenvalue weighted by molar-refractivity contribution is 5.97. The molecule has 6 nitrogen and oxygen atoms in total. The maximum atomic E-state index is 12.2. The van der Waals surface area contributed by atoms with Crippen LogP contribution >= 0.6 is 0 Å². The molecule has 0 aliphatic rings. The van der Waals surface area contributed by atoms with E-state index in [4.69, 9.17) is 14.2 Å². The van der Waals surface area contributed by atoms with Gasteiger partial charge in [-0.15, -0.1) is 0 Å². The number of carbonyl (C=O) groups is 2. The van der Waals surface area contributed by atoms with Gasteiger partial charge in [-0.25, -0.2) is 4.79 Å². The fourth-order valence-corrected chi connectivity index (χ4v) is 2.14. The molecule has 0 aromatic heterocycles. The molecular formula is C20H23NO5. The number of anilines is 1. The normalized spacial score (nSPS) is 11.6. The number of carbonyl (C=O) groups excluding carboxylic acids is 2. The van der Waals surface area contributed by atoms with Crippen molar-refractivity contribution in [3.63, 3.8) is 0 Å². The van der Waals surface area contributed by atoms with Gasteiger partial charge in [0.05, 0.1) is 18.8 Å². The molecule has 1 atom stereocenters. The number of benzene rings is 2. The predicted molar refractivity (Wildman–Crippen MR) is 98.7 cm³/mol. The maximum absolute atomic E-state index is 12.2. The van der Waals surface area contributed by atoms with Gasteiger partial charge in [-0.3, -0.25) is 4.79 Å². The van der Waals surface area contributed by atoms with Gasteiger partial charge in [-0.2, -0.15) is 0 Å². The number of esters is 1. The van der Waals surface area contributed by atoms with Crippen LogP contribution in [0.1, 0.15) is 31.1 Å². The summed E-state index contributed by atoms with van der Waals surface area (Å²) in [6.07, 6.45) is -0.884. The second kappa shape index (κ2) is 8.89. The minimum Gasteiger partial charge on any atom is -0.497 e. The molecule has 0 spiro atoms. The van der Waals surface area contributed by atoms with Gasteiger partial charge in [0, 0.05) is 5.69 Å². The zero-order valence-electron chi connectivity index (χ0n) is 15.3. The van der Waals surface area contributed by atoms with Gasteiger partial charge in [0.1, 0.15) is 11.5 Å². The number of amides is 1. The first-order chi connectivity index (χ1) is 12.4. The van der Waals surface area contributed by atoms with Crippen LogP contribution in [0.5, 0.6) is 11.5 Å². The van der Waals surface area contributed by atoms with E-state index in [9.17, 15) is 9.59 Å². The lowest BCUT2D eigenvalue weighted by atomic mass is 10.2. The summed E-state index contributed by atoms with van der Waals surface area (Å²) in [5.74, 6) is 0.371. The molecule has 0 fully saturated rings. The van der Waals surface area contributed by atoms with Gasteiger partial charge in [0.25, 0.3) is 5.91 Å². The molecule has 2 rings (SSSR count). The lowest BCUT2D eigenvalue weighted by Gasteiger charge is -2.14. The Kier molecular flexibility index (Phi) is 6.60. The van der Waals surface area contributed by atoms with Crippen LogP contribution < -0.4 is 14.8 Å². The summed E-state index contributed by atoms with van der Waals surface area (Å²) in [4.78, 5) is 24.3. The second-order valence-corrected chi connectivity index (χ2v) is 5.96. The maximum Gasteiger partial charge on any atom is 0.338 e. The number of nitrogens with one attached hydrogen (secondary N) is 1. The summed E-state index contributed by atoms with van der Waals surface area (Å²) in [6, 6.07) is 13.5. The van der Waals surface area contributed by atoms with Crippen LogP contribution in [0.25, 0.3) is 0 Å². The molecular weight excluding hydrogens is 334 g/mol.